The van der Waals surface area contributed by atoms with E-state index in [1.165, 1.54) is 0 Å². The van der Waals surface area contributed by atoms with Crippen LogP contribution in [0.25, 0.3) is 0 Å². The van der Waals surface area contributed by atoms with Gasteiger partial charge in [0.1, 0.15) is 5.75 Å². The number of hydrogen-bond acceptors (Lipinski definition) is 2. The number of hydrogen-bond donors (Lipinski definition) is 0. The highest BCUT2D eigenvalue weighted by Gasteiger charge is 2.14. The maximum atomic E-state index is 12.5. The number of carbonyl (C=O) groups excluding carboxylic acids is 1. The monoisotopic (exact) mass is 352 g/mol. The van der Waals surface area contributed by atoms with Crippen LogP contribution < -0.4 is 4.74 Å². The van der Waals surface area contributed by atoms with Crippen molar-refractivity contribution >= 4 is 33.3 Å². The lowest BCUT2D eigenvalue weighted by atomic mass is 10.0. The molecule has 0 aliphatic carbocycles. The average molecular weight is 354 g/mol. The van der Waals surface area contributed by atoms with Crippen LogP contribution in [0.4, 0.5) is 0 Å². The molecule has 0 atom stereocenters. The zero-order valence-electron chi connectivity index (χ0n) is 11.2. The number of halogens is 2. The van der Waals surface area contributed by atoms with Crippen LogP contribution in [-0.2, 0) is 0 Å². The fourth-order valence-corrected chi connectivity index (χ4v) is 2.54. The first kappa shape index (κ1) is 15.1. The van der Waals surface area contributed by atoms with Crippen molar-refractivity contribution in [1.29, 1.82) is 0 Å². The maximum absolute atomic E-state index is 12.5. The zero-order valence-corrected chi connectivity index (χ0v) is 13.6. The summed E-state index contributed by atoms with van der Waals surface area (Å²) in [4.78, 5) is 12.5. The number of benzene rings is 2. The molecule has 0 aromatic heterocycles. The van der Waals surface area contributed by atoms with Crippen molar-refractivity contribution in [1.82, 2.24) is 0 Å². The summed E-state index contributed by atoms with van der Waals surface area (Å²) in [5.41, 5.74) is 2.12. The fourth-order valence-electron chi connectivity index (χ4n) is 1.83. The van der Waals surface area contributed by atoms with E-state index in [1.54, 1.807) is 30.3 Å². The van der Waals surface area contributed by atoms with Gasteiger partial charge in [-0.05, 0) is 59.6 Å². The van der Waals surface area contributed by atoms with E-state index < -0.39 is 0 Å². The summed E-state index contributed by atoms with van der Waals surface area (Å²) in [6.45, 7) is 4.41. The second-order valence-corrected chi connectivity index (χ2v) is 5.63. The Morgan fingerprint density at radius 3 is 2.60 bits per heavy atom. The Hall–Kier alpha value is -1.32. The van der Waals surface area contributed by atoms with Crippen molar-refractivity contribution < 1.29 is 9.53 Å². The lowest BCUT2D eigenvalue weighted by Gasteiger charge is -2.08. The molecule has 104 valence electrons. The highest BCUT2D eigenvalue weighted by Crippen LogP contribution is 2.26. The van der Waals surface area contributed by atoms with Crippen LogP contribution in [0.1, 0.15) is 28.4 Å². The molecule has 2 aromatic rings. The van der Waals surface area contributed by atoms with Gasteiger partial charge in [-0.15, -0.1) is 0 Å². The van der Waals surface area contributed by atoms with E-state index in [4.69, 9.17) is 16.3 Å². The average Bonchev–Trinajstić information content (AvgIpc) is 2.42. The number of aryl methyl sites for hydroxylation is 1. The quantitative estimate of drug-likeness (QED) is 0.720. The van der Waals surface area contributed by atoms with E-state index in [0.29, 0.717) is 27.2 Å². The molecule has 0 fully saturated rings. The first-order chi connectivity index (χ1) is 9.52. The number of ketones is 1. The summed E-state index contributed by atoms with van der Waals surface area (Å²) < 4.78 is 6.11. The summed E-state index contributed by atoms with van der Waals surface area (Å²) in [5, 5.41) is 0.595. The zero-order chi connectivity index (χ0) is 14.7. The maximum Gasteiger partial charge on any atom is 0.194 e. The molecular formula is C16H14BrClO2. The molecule has 2 nitrogen and oxygen atoms in total. The minimum Gasteiger partial charge on any atom is -0.494 e. The van der Waals surface area contributed by atoms with Crippen LogP contribution in [-0.4, -0.2) is 12.4 Å². The van der Waals surface area contributed by atoms with Crippen molar-refractivity contribution in [3.8, 4) is 5.75 Å². The van der Waals surface area contributed by atoms with Gasteiger partial charge in [-0.25, -0.2) is 0 Å². The summed E-state index contributed by atoms with van der Waals surface area (Å²) >= 11 is 9.48. The summed E-state index contributed by atoms with van der Waals surface area (Å²) in [6.07, 6.45) is 0. The molecule has 0 saturated heterocycles. The Balaban J connectivity index is 2.35. The van der Waals surface area contributed by atoms with Gasteiger partial charge in [0.25, 0.3) is 0 Å². The largest absolute Gasteiger partial charge is 0.494 e. The Morgan fingerprint density at radius 1 is 1.25 bits per heavy atom. The number of carbonyl (C=O) groups is 1. The fraction of sp³-hybridized carbons (Fsp3) is 0.188. The minimum absolute atomic E-state index is 0.0678. The first-order valence-electron chi connectivity index (χ1n) is 6.26. The SMILES string of the molecule is CCOc1ccc(C(=O)c2ccc(C)c(Cl)c2)c(Br)c1. The Morgan fingerprint density at radius 2 is 2.00 bits per heavy atom. The second-order valence-electron chi connectivity index (χ2n) is 4.37. The highest BCUT2D eigenvalue weighted by atomic mass is 79.9. The molecule has 0 bridgehead atoms. The Kier molecular flexibility index (Phi) is 4.84. The van der Waals surface area contributed by atoms with Crippen molar-refractivity contribution in [2.75, 3.05) is 6.61 Å². The molecule has 2 aromatic carbocycles. The predicted molar refractivity (Wildman–Crippen MR) is 84.9 cm³/mol. The molecule has 0 aliphatic rings. The van der Waals surface area contributed by atoms with E-state index in [1.807, 2.05) is 19.9 Å². The van der Waals surface area contributed by atoms with E-state index in [-0.39, 0.29) is 5.78 Å². The smallest absolute Gasteiger partial charge is 0.194 e. The summed E-state index contributed by atoms with van der Waals surface area (Å²) in [5.74, 6) is 0.666. The second kappa shape index (κ2) is 6.42. The molecule has 0 amide bonds. The van der Waals surface area contributed by atoms with Gasteiger partial charge in [0.15, 0.2) is 5.78 Å². The van der Waals surface area contributed by atoms with Crippen LogP contribution in [0.5, 0.6) is 5.75 Å². The molecular weight excluding hydrogens is 340 g/mol. The topological polar surface area (TPSA) is 26.3 Å². The molecule has 2 rings (SSSR count). The molecule has 0 saturated carbocycles. The van der Waals surface area contributed by atoms with Crippen molar-refractivity contribution in [3.63, 3.8) is 0 Å². The Labute approximate surface area is 131 Å². The summed E-state index contributed by atoms with van der Waals surface area (Å²) in [6, 6.07) is 10.7. The third-order valence-corrected chi connectivity index (χ3v) is 3.99. The first-order valence-corrected chi connectivity index (χ1v) is 7.43. The van der Waals surface area contributed by atoms with E-state index in [2.05, 4.69) is 15.9 Å². The Bertz CT molecular complexity index is 653. The van der Waals surface area contributed by atoms with Crippen molar-refractivity contribution in [2.45, 2.75) is 13.8 Å². The normalized spacial score (nSPS) is 10.4. The van der Waals surface area contributed by atoms with Gasteiger partial charge in [-0.3, -0.25) is 4.79 Å². The highest BCUT2D eigenvalue weighted by molar-refractivity contribution is 9.10. The number of ether oxygens (including phenoxy) is 1. The third-order valence-electron chi connectivity index (χ3n) is 2.93. The van der Waals surface area contributed by atoms with Crippen molar-refractivity contribution in [3.05, 3.63) is 62.6 Å². The third kappa shape index (κ3) is 3.22. The lowest BCUT2D eigenvalue weighted by molar-refractivity contribution is 0.103. The van der Waals surface area contributed by atoms with Crippen LogP contribution in [0.2, 0.25) is 5.02 Å². The van der Waals surface area contributed by atoms with Gasteiger partial charge in [0.2, 0.25) is 0 Å². The van der Waals surface area contributed by atoms with Gasteiger partial charge < -0.3 is 4.74 Å². The van der Waals surface area contributed by atoms with Crippen LogP contribution >= 0.6 is 27.5 Å². The van der Waals surface area contributed by atoms with E-state index in [9.17, 15) is 4.79 Å². The molecule has 0 radical (unpaired) electrons. The standard InChI is InChI=1S/C16H14BrClO2/c1-3-20-12-6-7-13(14(17)9-12)16(19)11-5-4-10(2)15(18)8-11/h4-9H,3H2,1-2H3. The molecule has 0 spiro atoms. The van der Waals surface area contributed by atoms with E-state index >= 15 is 0 Å². The molecule has 0 N–H and O–H groups in total. The molecule has 0 heterocycles. The predicted octanol–water partition coefficient (Wildman–Crippen LogP) is 5.04. The van der Waals surface area contributed by atoms with E-state index in [0.717, 1.165) is 11.3 Å². The summed E-state index contributed by atoms with van der Waals surface area (Å²) in [7, 11) is 0. The van der Waals surface area contributed by atoms with Crippen LogP contribution in [0.15, 0.2) is 40.9 Å². The van der Waals surface area contributed by atoms with Crippen LogP contribution in [0.3, 0.4) is 0 Å². The van der Waals surface area contributed by atoms with Gasteiger partial charge in [-0.1, -0.05) is 23.7 Å². The minimum atomic E-state index is -0.0678. The van der Waals surface area contributed by atoms with Gasteiger partial charge >= 0.3 is 0 Å². The molecule has 0 unspecified atom stereocenters. The van der Waals surface area contributed by atoms with Crippen molar-refractivity contribution in [2.24, 2.45) is 0 Å². The molecule has 20 heavy (non-hydrogen) atoms. The van der Waals surface area contributed by atoms with Crippen LogP contribution in [0, 0.1) is 6.92 Å². The molecule has 4 heteroatoms. The number of rotatable bonds is 4. The lowest BCUT2D eigenvalue weighted by Crippen LogP contribution is -2.03. The van der Waals surface area contributed by atoms with Gasteiger partial charge in [-0.2, -0.15) is 0 Å². The van der Waals surface area contributed by atoms with Gasteiger partial charge in [0.05, 0.1) is 6.61 Å². The molecule has 0 aliphatic heterocycles. The van der Waals surface area contributed by atoms with Gasteiger partial charge in [0, 0.05) is 20.6 Å².